The van der Waals surface area contributed by atoms with Crippen LogP contribution in [-0.2, 0) is 0 Å². The number of rotatable bonds is 7. The number of nitrogens with one attached hydrogen (secondary N) is 1. The van der Waals surface area contributed by atoms with Gasteiger partial charge in [-0.3, -0.25) is 0 Å². The van der Waals surface area contributed by atoms with Crippen molar-refractivity contribution in [3.63, 3.8) is 0 Å². The lowest BCUT2D eigenvalue weighted by atomic mass is 9.92. The molecule has 0 bridgehead atoms. The van der Waals surface area contributed by atoms with E-state index in [4.69, 9.17) is 15.0 Å². The van der Waals surface area contributed by atoms with Crippen molar-refractivity contribution in [2.45, 2.75) is 6.17 Å². The lowest BCUT2D eigenvalue weighted by Crippen LogP contribution is -2.33. The summed E-state index contributed by atoms with van der Waals surface area (Å²) in [5.74, 6) is 1.54. The first-order chi connectivity index (χ1) is 27.7. The molecule has 4 heteroatoms. The van der Waals surface area contributed by atoms with Crippen LogP contribution in [0.5, 0.6) is 0 Å². The van der Waals surface area contributed by atoms with Gasteiger partial charge >= 0.3 is 0 Å². The Morgan fingerprint density at radius 3 is 1.59 bits per heavy atom. The van der Waals surface area contributed by atoms with Crippen molar-refractivity contribution in [3.8, 4) is 44.6 Å². The standard InChI is InChI=1S/C52H36N4/c1-5-13-38(14-6-1)46-34-48(39-15-7-2-8-16-39)53-47-32-30-44-33-43(29-31-45(44)49(46)47)37-23-21-35(22-24-37)36-25-27-42(28-26-36)52-55-50(40-17-9-3-10-18-40)54-51(56-52)41-19-11-4-12-20-41/h1-34,52H,(H,54,55,56). The summed E-state index contributed by atoms with van der Waals surface area (Å²) >= 11 is 0. The monoisotopic (exact) mass is 716 g/mol. The molecule has 1 unspecified atom stereocenters. The molecule has 0 radical (unpaired) electrons. The van der Waals surface area contributed by atoms with Crippen molar-refractivity contribution < 1.29 is 0 Å². The lowest BCUT2D eigenvalue weighted by Gasteiger charge is -2.23. The molecule has 1 aliphatic heterocycles. The highest BCUT2D eigenvalue weighted by Crippen LogP contribution is 2.38. The third kappa shape index (κ3) is 6.44. The number of benzene rings is 8. The van der Waals surface area contributed by atoms with Gasteiger partial charge in [0, 0.05) is 22.1 Å². The van der Waals surface area contributed by atoms with Crippen LogP contribution in [0.4, 0.5) is 0 Å². The van der Waals surface area contributed by atoms with Gasteiger partial charge in [-0.1, -0.05) is 188 Å². The highest BCUT2D eigenvalue weighted by atomic mass is 15.2. The van der Waals surface area contributed by atoms with Gasteiger partial charge in [-0.15, -0.1) is 0 Å². The number of hydrogen-bond acceptors (Lipinski definition) is 4. The Morgan fingerprint density at radius 1 is 0.411 bits per heavy atom. The third-order valence-corrected chi connectivity index (χ3v) is 10.5. The van der Waals surface area contributed by atoms with Crippen molar-refractivity contribution >= 4 is 33.3 Å². The van der Waals surface area contributed by atoms with Gasteiger partial charge in [-0.05, 0) is 67.9 Å². The van der Waals surface area contributed by atoms with Crippen LogP contribution in [0.15, 0.2) is 216 Å². The summed E-state index contributed by atoms with van der Waals surface area (Å²) in [6.07, 6.45) is -0.259. The second-order valence-corrected chi connectivity index (χ2v) is 14.1. The van der Waals surface area contributed by atoms with Crippen molar-refractivity contribution in [1.29, 1.82) is 0 Å². The number of aliphatic imine (C=N–C) groups is 2. The fourth-order valence-electron chi connectivity index (χ4n) is 7.64. The maximum atomic E-state index is 5.15. The van der Waals surface area contributed by atoms with Gasteiger partial charge in [0.25, 0.3) is 0 Å². The average Bonchev–Trinajstić information content (AvgIpc) is 3.29. The van der Waals surface area contributed by atoms with E-state index >= 15 is 0 Å². The van der Waals surface area contributed by atoms with E-state index in [1.54, 1.807) is 0 Å². The molecule has 0 spiro atoms. The molecule has 0 fully saturated rings. The normalized spacial score (nSPS) is 13.9. The number of pyridine rings is 1. The molecule has 4 nitrogen and oxygen atoms in total. The van der Waals surface area contributed by atoms with Crippen LogP contribution in [-0.4, -0.2) is 16.7 Å². The van der Waals surface area contributed by atoms with E-state index in [0.29, 0.717) is 0 Å². The minimum atomic E-state index is -0.259. The molecule has 8 aromatic carbocycles. The second-order valence-electron chi connectivity index (χ2n) is 14.1. The molecule has 0 aliphatic carbocycles. The Kier molecular flexibility index (Phi) is 8.54. The number of nitrogens with zero attached hydrogens (tertiary/aromatic N) is 3. The molecule has 1 N–H and O–H groups in total. The second kappa shape index (κ2) is 14.4. The third-order valence-electron chi connectivity index (χ3n) is 10.5. The molecule has 10 rings (SSSR count). The van der Waals surface area contributed by atoms with E-state index in [-0.39, 0.29) is 6.17 Å². The van der Waals surface area contributed by atoms with Crippen LogP contribution in [0, 0.1) is 0 Å². The molecule has 264 valence electrons. The fourth-order valence-corrected chi connectivity index (χ4v) is 7.64. The van der Waals surface area contributed by atoms with Crippen LogP contribution in [0.25, 0.3) is 66.3 Å². The lowest BCUT2D eigenvalue weighted by molar-refractivity contribution is 0.674. The smallest absolute Gasteiger partial charge is 0.159 e. The summed E-state index contributed by atoms with van der Waals surface area (Å²) in [7, 11) is 0. The van der Waals surface area contributed by atoms with E-state index in [2.05, 4.69) is 169 Å². The van der Waals surface area contributed by atoms with Crippen LogP contribution in [0.1, 0.15) is 22.9 Å². The first-order valence-corrected chi connectivity index (χ1v) is 19.0. The first kappa shape index (κ1) is 33.2. The van der Waals surface area contributed by atoms with E-state index in [1.165, 1.54) is 38.4 Å². The summed E-state index contributed by atoms with van der Waals surface area (Å²) in [5, 5.41) is 7.13. The van der Waals surface area contributed by atoms with E-state index < -0.39 is 0 Å². The highest BCUT2D eigenvalue weighted by Gasteiger charge is 2.21. The predicted octanol–water partition coefficient (Wildman–Crippen LogP) is 12.6. The van der Waals surface area contributed by atoms with Gasteiger partial charge in [0.15, 0.2) is 5.84 Å². The quantitative estimate of drug-likeness (QED) is 0.167. The van der Waals surface area contributed by atoms with Crippen molar-refractivity contribution in [2.24, 2.45) is 9.98 Å². The molecular formula is C52H36N4. The maximum absolute atomic E-state index is 5.15. The van der Waals surface area contributed by atoms with Gasteiger partial charge in [-0.2, -0.15) is 0 Å². The fraction of sp³-hybridized carbons (Fsp3) is 0.0192. The minimum Gasteiger partial charge on any atom is -0.344 e. The first-order valence-electron chi connectivity index (χ1n) is 19.0. The number of amidine groups is 2. The Labute approximate surface area is 326 Å². The molecule has 1 aromatic heterocycles. The SMILES string of the molecule is c1ccc(C2=NC(c3ccc(-c4ccc(-c5ccc6c(ccc7nc(-c8ccccc8)cc(-c8ccccc8)c76)c5)cc4)cc3)NC(c3ccccc3)=N2)cc1. The molecule has 1 aliphatic rings. The summed E-state index contributed by atoms with van der Waals surface area (Å²) in [5.41, 5.74) is 13.2. The van der Waals surface area contributed by atoms with Gasteiger partial charge in [0.1, 0.15) is 12.0 Å². The van der Waals surface area contributed by atoms with E-state index in [9.17, 15) is 0 Å². The Hall–Kier alpha value is -7.43. The topological polar surface area (TPSA) is 49.6 Å². The van der Waals surface area contributed by atoms with E-state index in [0.717, 1.165) is 56.3 Å². The summed E-state index contributed by atoms with van der Waals surface area (Å²) < 4.78 is 0. The van der Waals surface area contributed by atoms with Crippen LogP contribution in [0.3, 0.4) is 0 Å². The van der Waals surface area contributed by atoms with E-state index in [1.807, 2.05) is 42.5 Å². The molecular weight excluding hydrogens is 681 g/mol. The zero-order valence-electron chi connectivity index (χ0n) is 30.5. The zero-order valence-corrected chi connectivity index (χ0v) is 30.5. The molecule has 0 saturated heterocycles. The number of fused-ring (bicyclic) bond motifs is 3. The average molecular weight is 717 g/mol. The van der Waals surface area contributed by atoms with Crippen LogP contribution < -0.4 is 5.32 Å². The van der Waals surface area contributed by atoms with Crippen molar-refractivity contribution in [3.05, 3.63) is 223 Å². The molecule has 1 atom stereocenters. The zero-order chi connectivity index (χ0) is 37.3. The molecule has 9 aromatic rings. The van der Waals surface area contributed by atoms with Gasteiger partial charge in [0.2, 0.25) is 0 Å². The van der Waals surface area contributed by atoms with Gasteiger partial charge < -0.3 is 5.32 Å². The summed E-state index contributed by atoms with van der Waals surface area (Å²) in [6.45, 7) is 0. The van der Waals surface area contributed by atoms with Crippen LogP contribution in [0.2, 0.25) is 0 Å². The maximum Gasteiger partial charge on any atom is 0.159 e. The molecule has 0 amide bonds. The molecule has 56 heavy (non-hydrogen) atoms. The number of aromatic nitrogens is 1. The Bertz CT molecular complexity index is 2890. The molecule has 2 heterocycles. The van der Waals surface area contributed by atoms with Crippen molar-refractivity contribution in [2.75, 3.05) is 0 Å². The highest BCUT2D eigenvalue weighted by molar-refractivity contribution is 6.15. The van der Waals surface area contributed by atoms with Gasteiger partial charge in [-0.25, -0.2) is 15.0 Å². The molecule has 0 saturated carbocycles. The predicted molar refractivity (Wildman–Crippen MR) is 233 cm³/mol. The Balaban J connectivity index is 0.941. The van der Waals surface area contributed by atoms with Crippen molar-refractivity contribution in [1.82, 2.24) is 10.3 Å². The van der Waals surface area contributed by atoms with Crippen LogP contribution >= 0.6 is 0 Å². The summed E-state index contributed by atoms with van der Waals surface area (Å²) in [4.78, 5) is 15.1. The van der Waals surface area contributed by atoms with Gasteiger partial charge in [0.05, 0.1) is 11.2 Å². The summed E-state index contributed by atoms with van der Waals surface area (Å²) in [6, 6.07) is 72.4. The largest absolute Gasteiger partial charge is 0.344 e. The Morgan fingerprint density at radius 2 is 0.946 bits per heavy atom. The number of hydrogen-bond donors (Lipinski definition) is 1. The minimum absolute atomic E-state index is 0.259.